The SMILES string of the molecule is O=C(NO)c1ccc(Nc2c3ccccc3nc3ccccc23)cc1. The molecular weight excluding hydrogens is 314 g/mol. The molecule has 0 aliphatic carbocycles. The number of nitrogens with zero attached hydrogens (tertiary/aromatic N) is 1. The molecule has 0 unspecified atom stereocenters. The highest BCUT2D eigenvalue weighted by molar-refractivity contribution is 6.08. The molecule has 0 saturated carbocycles. The standard InChI is InChI=1S/C20H15N3O2/c24-20(23-25)13-9-11-14(12-10-13)21-19-15-5-1-3-7-17(15)22-18-8-4-2-6-16(18)19/h1-12,25H,(H,21,22)(H,23,24). The minimum atomic E-state index is -0.536. The summed E-state index contributed by atoms with van der Waals surface area (Å²) in [6.45, 7) is 0. The molecule has 0 aliphatic rings. The number of benzene rings is 3. The van der Waals surface area contributed by atoms with E-state index >= 15 is 0 Å². The molecule has 4 rings (SSSR count). The summed E-state index contributed by atoms with van der Waals surface area (Å²) in [7, 11) is 0. The van der Waals surface area contributed by atoms with Crippen LogP contribution in [0, 0.1) is 0 Å². The van der Waals surface area contributed by atoms with Crippen molar-refractivity contribution in [1.82, 2.24) is 10.5 Å². The van der Waals surface area contributed by atoms with Gasteiger partial charge in [-0.1, -0.05) is 36.4 Å². The van der Waals surface area contributed by atoms with Gasteiger partial charge in [-0.25, -0.2) is 10.5 Å². The molecule has 0 aliphatic heterocycles. The van der Waals surface area contributed by atoms with Crippen LogP contribution < -0.4 is 10.8 Å². The first kappa shape index (κ1) is 15.1. The Labute approximate surface area is 143 Å². The smallest absolute Gasteiger partial charge is 0.274 e. The van der Waals surface area contributed by atoms with Crippen LogP contribution in [0.2, 0.25) is 0 Å². The zero-order valence-electron chi connectivity index (χ0n) is 13.2. The van der Waals surface area contributed by atoms with E-state index in [9.17, 15) is 4.79 Å². The summed E-state index contributed by atoms with van der Waals surface area (Å²) in [4.78, 5) is 16.2. The molecule has 1 amide bonds. The molecule has 4 aromatic rings. The molecule has 122 valence electrons. The minimum absolute atomic E-state index is 0.387. The Kier molecular flexibility index (Phi) is 3.76. The van der Waals surface area contributed by atoms with Gasteiger partial charge in [0.05, 0.1) is 16.7 Å². The summed E-state index contributed by atoms with van der Waals surface area (Å²) in [5, 5.41) is 14.2. The maximum Gasteiger partial charge on any atom is 0.274 e. The van der Waals surface area contributed by atoms with Crippen molar-refractivity contribution in [2.45, 2.75) is 0 Å². The molecule has 3 aromatic carbocycles. The van der Waals surface area contributed by atoms with Crippen molar-refractivity contribution in [2.24, 2.45) is 0 Å². The van der Waals surface area contributed by atoms with Crippen LogP contribution in [0.1, 0.15) is 10.4 Å². The lowest BCUT2D eigenvalue weighted by Gasteiger charge is -2.13. The average molecular weight is 329 g/mol. The number of hydrogen-bond donors (Lipinski definition) is 3. The fraction of sp³-hybridized carbons (Fsp3) is 0. The highest BCUT2D eigenvalue weighted by Crippen LogP contribution is 2.32. The number of rotatable bonds is 3. The number of hydroxylamine groups is 1. The first-order valence-corrected chi connectivity index (χ1v) is 7.85. The van der Waals surface area contributed by atoms with Gasteiger partial charge in [-0.3, -0.25) is 10.0 Å². The average Bonchev–Trinajstić information content (AvgIpc) is 2.67. The third-order valence-corrected chi connectivity index (χ3v) is 4.11. The maximum atomic E-state index is 11.4. The summed E-state index contributed by atoms with van der Waals surface area (Å²) in [5.41, 5.74) is 5.67. The van der Waals surface area contributed by atoms with Crippen LogP contribution in [0.4, 0.5) is 11.4 Å². The van der Waals surface area contributed by atoms with Gasteiger partial charge in [0.2, 0.25) is 0 Å². The maximum absolute atomic E-state index is 11.4. The molecule has 0 radical (unpaired) electrons. The number of nitrogens with one attached hydrogen (secondary N) is 2. The third kappa shape index (κ3) is 2.77. The Morgan fingerprint density at radius 2 is 1.36 bits per heavy atom. The molecule has 5 nitrogen and oxygen atoms in total. The van der Waals surface area contributed by atoms with E-state index in [1.807, 2.05) is 48.5 Å². The zero-order valence-corrected chi connectivity index (χ0v) is 13.2. The lowest BCUT2D eigenvalue weighted by Crippen LogP contribution is -2.18. The molecule has 1 heterocycles. The van der Waals surface area contributed by atoms with Gasteiger partial charge in [0.25, 0.3) is 5.91 Å². The molecular formula is C20H15N3O2. The van der Waals surface area contributed by atoms with E-state index in [-0.39, 0.29) is 0 Å². The highest BCUT2D eigenvalue weighted by atomic mass is 16.5. The number of amides is 1. The molecule has 1 aromatic heterocycles. The van der Waals surface area contributed by atoms with Gasteiger partial charge in [0, 0.05) is 22.0 Å². The van der Waals surface area contributed by atoms with Gasteiger partial charge in [0.15, 0.2) is 0 Å². The van der Waals surface area contributed by atoms with Gasteiger partial charge in [-0.2, -0.15) is 0 Å². The number of fused-ring (bicyclic) bond motifs is 2. The van der Waals surface area contributed by atoms with E-state index in [2.05, 4.69) is 5.32 Å². The summed E-state index contributed by atoms with van der Waals surface area (Å²) in [6, 6.07) is 22.9. The summed E-state index contributed by atoms with van der Waals surface area (Å²) < 4.78 is 0. The molecule has 0 saturated heterocycles. The molecule has 0 fully saturated rings. The number of carbonyl (C=O) groups is 1. The fourth-order valence-electron chi connectivity index (χ4n) is 2.89. The normalized spacial score (nSPS) is 10.8. The minimum Gasteiger partial charge on any atom is -0.354 e. The van der Waals surface area contributed by atoms with Gasteiger partial charge in [0.1, 0.15) is 0 Å². The second-order valence-corrected chi connectivity index (χ2v) is 5.66. The molecule has 0 spiro atoms. The first-order chi connectivity index (χ1) is 12.3. The Hall–Kier alpha value is -3.44. The number of para-hydroxylation sites is 2. The van der Waals surface area contributed by atoms with Crippen LogP contribution in [0.15, 0.2) is 72.8 Å². The van der Waals surface area contributed by atoms with Gasteiger partial charge >= 0.3 is 0 Å². The second-order valence-electron chi connectivity index (χ2n) is 5.66. The van der Waals surface area contributed by atoms with E-state index in [1.165, 1.54) is 0 Å². The largest absolute Gasteiger partial charge is 0.354 e. The molecule has 0 atom stereocenters. The van der Waals surface area contributed by atoms with Crippen LogP contribution in [-0.4, -0.2) is 16.1 Å². The highest BCUT2D eigenvalue weighted by Gasteiger charge is 2.09. The quantitative estimate of drug-likeness (QED) is 0.298. The number of pyridine rings is 1. The van der Waals surface area contributed by atoms with E-state index < -0.39 is 5.91 Å². The van der Waals surface area contributed by atoms with E-state index in [0.717, 1.165) is 33.2 Å². The van der Waals surface area contributed by atoms with Crippen molar-refractivity contribution in [1.29, 1.82) is 0 Å². The predicted molar refractivity (Wildman–Crippen MR) is 98.2 cm³/mol. The van der Waals surface area contributed by atoms with E-state index in [0.29, 0.717) is 5.56 Å². The predicted octanol–water partition coefficient (Wildman–Crippen LogP) is 4.25. The first-order valence-electron chi connectivity index (χ1n) is 7.85. The zero-order chi connectivity index (χ0) is 17.2. The summed E-state index contributed by atoms with van der Waals surface area (Å²) in [5.74, 6) is -0.536. The Morgan fingerprint density at radius 3 is 1.92 bits per heavy atom. The van der Waals surface area contributed by atoms with Crippen molar-refractivity contribution >= 4 is 39.1 Å². The topological polar surface area (TPSA) is 74.2 Å². The van der Waals surface area contributed by atoms with Gasteiger partial charge < -0.3 is 5.32 Å². The Morgan fingerprint density at radius 1 is 0.800 bits per heavy atom. The Balaban J connectivity index is 1.83. The van der Waals surface area contributed by atoms with E-state index in [1.54, 1.807) is 29.7 Å². The van der Waals surface area contributed by atoms with Crippen molar-refractivity contribution in [3.8, 4) is 0 Å². The lowest BCUT2D eigenvalue weighted by atomic mass is 10.1. The molecule has 3 N–H and O–H groups in total. The fourth-order valence-corrected chi connectivity index (χ4v) is 2.89. The third-order valence-electron chi connectivity index (χ3n) is 4.11. The monoisotopic (exact) mass is 329 g/mol. The number of carbonyl (C=O) groups excluding carboxylic acids is 1. The van der Waals surface area contributed by atoms with Crippen molar-refractivity contribution in [3.05, 3.63) is 78.4 Å². The van der Waals surface area contributed by atoms with Crippen LogP contribution in [0.5, 0.6) is 0 Å². The lowest BCUT2D eigenvalue weighted by molar-refractivity contribution is 0.0706. The van der Waals surface area contributed by atoms with Crippen molar-refractivity contribution in [3.63, 3.8) is 0 Å². The van der Waals surface area contributed by atoms with Gasteiger partial charge in [-0.15, -0.1) is 0 Å². The van der Waals surface area contributed by atoms with Crippen LogP contribution >= 0.6 is 0 Å². The Bertz CT molecular complexity index is 1020. The number of aromatic nitrogens is 1. The summed E-state index contributed by atoms with van der Waals surface area (Å²) in [6.07, 6.45) is 0. The summed E-state index contributed by atoms with van der Waals surface area (Å²) >= 11 is 0. The van der Waals surface area contributed by atoms with Crippen LogP contribution in [-0.2, 0) is 0 Å². The van der Waals surface area contributed by atoms with Crippen LogP contribution in [0.3, 0.4) is 0 Å². The van der Waals surface area contributed by atoms with Crippen molar-refractivity contribution in [2.75, 3.05) is 5.32 Å². The van der Waals surface area contributed by atoms with Crippen molar-refractivity contribution < 1.29 is 10.0 Å². The van der Waals surface area contributed by atoms with Gasteiger partial charge in [-0.05, 0) is 36.4 Å². The second kappa shape index (κ2) is 6.22. The number of anilines is 2. The van der Waals surface area contributed by atoms with Crippen LogP contribution in [0.25, 0.3) is 21.8 Å². The van der Waals surface area contributed by atoms with E-state index in [4.69, 9.17) is 10.2 Å². The molecule has 0 bridgehead atoms. The molecule has 5 heteroatoms. The number of hydrogen-bond acceptors (Lipinski definition) is 4. The molecule has 25 heavy (non-hydrogen) atoms.